The monoisotopic (exact) mass is 491 g/mol. The molecule has 3 aromatic rings. The number of benzene rings is 2. The van der Waals surface area contributed by atoms with E-state index in [-0.39, 0.29) is 23.1 Å². The smallest absolute Gasteiger partial charge is 0.254 e. The van der Waals surface area contributed by atoms with E-state index in [1.165, 1.54) is 0 Å². The molecule has 1 aliphatic carbocycles. The number of piperidine rings is 1. The van der Waals surface area contributed by atoms with Gasteiger partial charge < -0.3 is 15.0 Å². The van der Waals surface area contributed by atoms with Gasteiger partial charge in [-0.2, -0.15) is 0 Å². The standard InChI is InChI=1S/C28H30ClN3O3/c1-16-11-17(2)25-20(13-18(3)30-23(25)12-16)27(34)32-9-7-28(8-10-32)15-21(28)26(33)31-19-5-6-24(35-4)22(29)14-19/h5-6,11-14,21H,7-10,15H2,1-4H3,(H,31,33)/t21-/m0/s1. The number of pyridine rings is 1. The molecule has 0 unspecified atom stereocenters. The number of nitrogens with zero attached hydrogens (tertiary/aromatic N) is 2. The third-order valence-corrected chi connectivity index (χ3v) is 7.88. The topological polar surface area (TPSA) is 71.5 Å². The second kappa shape index (κ2) is 8.83. The Morgan fingerprint density at radius 2 is 1.86 bits per heavy atom. The van der Waals surface area contributed by atoms with Gasteiger partial charge in [0.25, 0.3) is 5.91 Å². The van der Waals surface area contributed by atoms with Crippen LogP contribution in [0.1, 0.15) is 46.4 Å². The molecule has 6 nitrogen and oxygen atoms in total. The van der Waals surface area contributed by atoms with E-state index in [9.17, 15) is 9.59 Å². The molecule has 1 atom stereocenters. The number of aromatic nitrogens is 1. The van der Waals surface area contributed by atoms with E-state index < -0.39 is 0 Å². The van der Waals surface area contributed by atoms with Crippen LogP contribution in [0.5, 0.6) is 5.75 Å². The van der Waals surface area contributed by atoms with Gasteiger partial charge >= 0.3 is 0 Å². The Labute approximate surface area is 210 Å². The number of likely N-dealkylation sites (tertiary alicyclic amines) is 1. The molecule has 1 saturated carbocycles. The van der Waals surface area contributed by atoms with Crippen LogP contribution in [0.15, 0.2) is 36.4 Å². The molecular weight excluding hydrogens is 462 g/mol. The molecule has 0 radical (unpaired) electrons. The predicted octanol–water partition coefficient (Wildman–Crippen LogP) is 5.70. The van der Waals surface area contributed by atoms with Gasteiger partial charge in [-0.05, 0) is 86.9 Å². The second-order valence-corrected chi connectivity index (χ2v) is 10.4. The van der Waals surface area contributed by atoms with E-state index in [4.69, 9.17) is 16.3 Å². The molecule has 1 N–H and O–H groups in total. The fourth-order valence-corrected chi connectivity index (χ4v) is 5.88. The molecule has 1 saturated heterocycles. The summed E-state index contributed by atoms with van der Waals surface area (Å²) in [6.07, 6.45) is 2.53. The van der Waals surface area contributed by atoms with Crippen molar-refractivity contribution in [3.63, 3.8) is 0 Å². The first-order chi connectivity index (χ1) is 16.7. The Kier molecular flexibility index (Phi) is 5.96. The van der Waals surface area contributed by atoms with Crippen molar-refractivity contribution in [2.75, 3.05) is 25.5 Å². The van der Waals surface area contributed by atoms with Gasteiger partial charge in [0.05, 0.1) is 23.2 Å². The van der Waals surface area contributed by atoms with Gasteiger partial charge in [-0.1, -0.05) is 17.7 Å². The molecule has 182 valence electrons. The van der Waals surface area contributed by atoms with Crippen molar-refractivity contribution in [1.82, 2.24) is 9.88 Å². The first-order valence-corrected chi connectivity index (χ1v) is 12.4. The number of aryl methyl sites for hydroxylation is 3. The number of amides is 2. The molecule has 5 rings (SSSR count). The highest BCUT2D eigenvalue weighted by Gasteiger charge is 2.58. The number of fused-ring (bicyclic) bond motifs is 1. The van der Waals surface area contributed by atoms with Crippen LogP contribution in [0, 0.1) is 32.1 Å². The average Bonchev–Trinajstić information content (AvgIpc) is 3.51. The van der Waals surface area contributed by atoms with Crippen molar-refractivity contribution in [3.05, 3.63) is 63.8 Å². The maximum absolute atomic E-state index is 13.6. The van der Waals surface area contributed by atoms with Gasteiger partial charge in [-0.25, -0.2) is 0 Å². The molecule has 2 heterocycles. The normalized spacial score (nSPS) is 18.5. The minimum absolute atomic E-state index is 0.0135. The minimum Gasteiger partial charge on any atom is -0.495 e. The Hall–Kier alpha value is -3.12. The highest BCUT2D eigenvalue weighted by atomic mass is 35.5. The lowest BCUT2D eigenvalue weighted by atomic mass is 9.90. The van der Waals surface area contributed by atoms with Gasteiger partial charge in [0, 0.05) is 35.8 Å². The van der Waals surface area contributed by atoms with Crippen LogP contribution in [0.2, 0.25) is 5.02 Å². The number of methoxy groups -OCH3 is 1. The molecule has 2 amide bonds. The van der Waals surface area contributed by atoms with Crippen LogP contribution < -0.4 is 10.1 Å². The van der Waals surface area contributed by atoms with Gasteiger partial charge in [0.15, 0.2) is 0 Å². The summed E-state index contributed by atoms with van der Waals surface area (Å²) in [4.78, 5) is 33.1. The Morgan fingerprint density at radius 1 is 1.11 bits per heavy atom. The van der Waals surface area contributed by atoms with Crippen molar-refractivity contribution < 1.29 is 14.3 Å². The molecule has 35 heavy (non-hydrogen) atoms. The highest BCUT2D eigenvalue weighted by Crippen LogP contribution is 2.59. The Balaban J connectivity index is 1.26. The van der Waals surface area contributed by atoms with E-state index in [0.717, 1.165) is 52.5 Å². The summed E-state index contributed by atoms with van der Waals surface area (Å²) >= 11 is 6.19. The molecule has 1 aliphatic heterocycles. The summed E-state index contributed by atoms with van der Waals surface area (Å²) < 4.78 is 5.18. The molecule has 1 spiro atoms. The Morgan fingerprint density at radius 3 is 2.54 bits per heavy atom. The molecule has 1 aromatic heterocycles. The van der Waals surface area contributed by atoms with Gasteiger partial charge in [-0.15, -0.1) is 0 Å². The number of ether oxygens (including phenoxy) is 1. The zero-order valence-corrected chi connectivity index (χ0v) is 21.3. The quantitative estimate of drug-likeness (QED) is 0.508. The SMILES string of the molecule is COc1ccc(NC(=O)[C@@H]2CC23CCN(C(=O)c2cc(C)nc4cc(C)cc(C)c24)CC3)cc1Cl. The fourth-order valence-electron chi connectivity index (χ4n) is 5.63. The van der Waals surface area contributed by atoms with Crippen molar-refractivity contribution in [3.8, 4) is 5.75 Å². The number of rotatable bonds is 4. The number of halogens is 1. The first kappa shape index (κ1) is 23.6. The van der Waals surface area contributed by atoms with E-state index in [0.29, 0.717) is 29.5 Å². The largest absolute Gasteiger partial charge is 0.495 e. The summed E-state index contributed by atoms with van der Waals surface area (Å²) in [7, 11) is 1.56. The first-order valence-electron chi connectivity index (χ1n) is 12.0. The van der Waals surface area contributed by atoms with E-state index >= 15 is 0 Å². The minimum atomic E-state index is -0.0325. The van der Waals surface area contributed by atoms with E-state index in [1.54, 1.807) is 25.3 Å². The van der Waals surface area contributed by atoms with E-state index in [1.807, 2.05) is 37.8 Å². The van der Waals surface area contributed by atoms with Crippen LogP contribution in [0.25, 0.3) is 10.9 Å². The molecule has 7 heteroatoms. The van der Waals surface area contributed by atoms with Crippen LogP contribution in [0.4, 0.5) is 5.69 Å². The number of nitrogens with one attached hydrogen (secondary N) is 1. The zero-order valence-electron chi connectivity index (χ0n) is 20.6. The van der Waals surface area contributed by atoms with Gasteiger partial charge in [-0.3, -0.25) is 14.6 Å². The average molecular weight is 492 g/mol. The summed E-state index contributed by atoms with van der Waals surface area (Å²) in [5, 5.41) is 4.40. The lowest BCUT2D eigenvalue weighted by Crippen LogP contribution is -2.40. The Bertz CT molecular complexity index is 1340. The number of anilines is 1. The third-order valence-electron chi connectivity index (χ3n) is 7.58. The summed E-state index contributed by atoms with van der Waals surface area (Å²) in [5.74, 6) is 0.617. The zero-order chi connectivity index (χ0) is 24.9. The number of carbonyl (C=O) groups excluding carboxylic acids is 2. The highest BCUT2D eigenvalue weighted by molar-refractivity contribution is 6.32. The number of carbonyl (C=O) groups is 2. The second-order valence-electron chi connectivity index (χ2n) is 10.0. The number of hydrogen-bond acceptors (Lipinski definition) is 4. The third kappa shape index (κ3) is 4.36. The number of hydrogen-bond donors (Lipinski definition) is 1. The fraction of sp³-hybridized carbons (Fsp3) is 0.393. The summed E-state index contributed by atoms with van der Waals surface area (Å²) in [6.45, 7) is 7.34. The molecule has 0 bridgehead atoms. The molecule has 2 fully saturated rings. The summed E-state index contributed by atoms with van der Waals surface area (Å²) in [5.41, 5.74) is 5.31. The van der Waals surface area contributed by atoms with Crippen molar-refractivity contribution in [2.45, 2.75) is 40.0 Å². The van der Waals surface area contributed by atoms with E-state index in [2.05, 4.69) is 16.4 Å². The van der Waals surface area contributed by atoms with Crippen molar-refractivity contribution in [1.29, 1.82) is 0 Å². The van der Waals surface area contributed by atoms with Crippen molar-refractivity contribution >= 4 is 40.0 Å². The van der Waals surface area contributed by atoms with Gasteiger partial charge in [0.1, 0.15) is 5.75 Å². The van der Waals surface area contributed by atoms with Gasteiger partial charge in [0.2, 0.25) is 5.91 Å². The van der Waals surface area contributed by atoms with Crippen LogP contribution in [-0.2, 0) is 4.79 Å². The predicted molar refractivity (Wildman–Crippen MR) is 138 cm³/mol. The van der Waals surface area contributed by atoms with Crippen molar-refractivity contribution in [2.24, 2.45) is 11.3 Å². The van der Waals surface area contributed by atoms with Crippen LogP contribution >= 0.6 is 11.6 Å². The maximum atomic E-state index is 13.6. The molecule has 2 aliphatic rings. The van der Waals surface area contributed by atoms with Crippen LogP contribution in [0.3, 0.4) is 0 Å². The maximum Gasteiger partial charge on any atom is 0.254 e. The lowest BCUT2D eigenvalue weighted by molar-refractivity contribution is -0.118. The summed E-state index contributed by atoms with van der Waals surface area (Å²) in [6, 6.07) is 11.3. The lowest BCUT2D eigenvalue weighted by Gasteiger charge is -2.33. The molecule has 2 aromatic carbocycles. The van der Waals surface area contributed by atoms with Crippen LogP contribution in [-0.4, -0.2) is 41.9 Å². The molecular formula is C28H30ClN3O3.